The molecule has 1 saturated heterocycles. The summed E-state index contributed by atoms with van der Waals surface area (Å²) in [5.74, 6) is 1.56. The zero-order valence-electron chi connectivity index (χ0n) is 20.2. The van der Waals surface area contributed by atoms with Crippen LogP contribution in [-0.2, 0) is 11.4 Å². The number of imide groups is 1. The van der Waals surface area contributed by atoms with Crippen molar-refractivity contribution in [3.63, 3.8) is 0 Å². The van der Waals surface area contributed by atoms with Crippen molar-refractivity contribution in [1.29, 1.82) is 0 Å². The number of thioether (sulfide) groups is 1. The highest BCUT2D eigenvalue weighted by Gasteiger charge is 2.34. The standard InChI is InChI=1S/C28H26BrNO5S/c1-18-4-5-19(2)24(14-18)34-13-12-30-27(31)26(36-28(30)32)16-21-8-11-23(33-3)25(15-21)35-17-20-6-9-22(29)10-7-20/h4-11,14-16H,12-13,17H2,1-3H3/b26-16-. The average molecular weight is 568 g/mol. The minimum absolute atomic E-state index is 0.180. The number of benzene rings is 3. The number of carbonyl (C=O) groups excluding carboxylic acids is 2. The summed E-state index contributed by atoms with van der Waals surface area (Å²) in [7, 11) is 1.58. The van der Waals surface area contributed by atoms with Gasteiger partial charge in [-0.1, -0.05) is 46.3 Å². The van der Waals surface area contributed by atoms with Crippen molar-refractivity contribution in [2.45, 2.75) is 20.5 Å². The largest absolute Gasteiger partial charge is 0.493 e. The number of ether oxygens (including phenoxy) is 3. The van der Waals surface area contributed by atoms with Crippen molar-refractivity contribution >= 4 is 44.9 Å². The topological polar surface area (TPSA) is 65.1 Å². The summed E-state index contributed by atoms with van der Waals surface area (Å²) in [4.78, 5) is 27.0. The third-order valence-corrected chi connectivity index (χ3v) is 7.02. The number of carbonyl (C=O) groups is 2. The minimum atomic E-state index is -0.331. The van der Waals surface area contributed by atoms with E-state index in [0.29, 0.717) is 23.0 Å². The van der Waals surface area contributed by atoms with Gasteiger partial charge in [0.05, 0.1) is 18.6 Å². The van der Waals surface area contributed by atoms with Gasteiger partial charge in [-0.05, 0) is 84.3 Å². The van der Waals surface area contributed by atoms with E-state index in [1.54, 1.807) is 25.3 Å². The fourth-order valence-electron chi connectivity index (χ4n) is 3.59. The molecule has 0 aliphatic carbocycles. The summed E-state index contributed by atoms with van der Waals surface area (Å²) in [6, 6.07) is 19.2. The molecule has 36 heavy (non-hydrogen) atoms. The number of nitrogens with zero attached hydrogens (tertiary/aromatic N) is 1. The summed E-state index contributed by atoms with van der Waals surface area (Å²) < 4.78 is 18.2. The van der Waals surface area contributed by atoms with Crippen LogP contribution >= 0.6 is 27.7 Å². The quantitative estimate of drug-likeness (QED) is 0.266. The Bertz CT molecular complexity index is 1310. The molecule has 0 saturated carbocycles. The predicted octanol–water partition coefficient (Wildman–Crippen LogP) is 6.77. The SMILES string of the molecule is COc1ccc(/C=C2\SC(=O)N(CCOc3cc(C)ccc3C)C2=O)cc1OCc1ccc(Br)cc1. The Morgan fingerprint density at radius 1 is 0.917 bits per heavy atom. The Morgan fingerprint density at radius 2 is 1.69 bits per heavy atom. The molecule has 3 aromatic rings. The normalized spacial score (nSPS) is 14.4. The number of methoxy groups -OCH3 is 1. The molecule has 1 aliphatic heterocycles. The van der Waals surface area contributed by atoms with Crippen LogP contribution < -0.4 is 14.2 Å². The first-order chi connectivity index (χ1) is 17.3. The zero-order valence-corrected chi connectivity index (χ0v) is 22.6. The van der Waals surface area contributed by atoms with Crippen molar-refractivity contribution in [2.24, 2.45) is 0 Å². The second-order valence-corrected chi connectivity index (χ2v) is 10.2. The second kappa shape index (κ2) is 11.7. The van der Waals surface area contributed by atoms with Crippen LogP contribution in [0.2, 0.25) is 0 Å². The van der Waals surface area contributed by atoms with Crippen molar-refractivity contribution < 1.29 is 23.8 Å². The van der Waals surface area contributed by atoms with Crippen LogP contribution in [0.4, 0.5) is 4.79 Å². The van der Waals surface area contributed by atoms with Crippen LogP contribution in [0.3, 0.4) is 0 Å². The van der Waals surface area contributed by atoms with Gasteiger partial charge in [0.15, 0.2) is 11.5 Å². The lowest BCUT2D eigenvalue weighted by Crippen LogP contribution is -2.32. The molecule has 0 radical (unpaired) electrons. The molecule has 0 spiro atoms. The number of amides is 2. The van der Waals surface area contributed by atoms with E-state index >= 15 is 0 Å². The molecule has 8 heteroatoms. The van der Waals surface area contributed by atoms with E-state index < -0.39 is 0 Å². The lowest BCUT2D eigenvalue weighted by molar-refractivity contribution is -0.123. The molecule has 2 amide bonds. The van der Waals surface area contributed by atoms with Crippen LogP contribution in [-0.4, -0.2) is 36.3 Å². The average Bonchev–Trinajstić information content (AvgIpc) is 3.13. The molecule has 0 N–H and O–H groups in total. The van der Waals surface area contributed by atoms with Crippen molar-refractivity contribution in [3.05, 3.63) is 92.3 Å². The molecule has 0 unspecified atom stereocenters. The minimum Gasteiger partial charge on any atom is -0.493 e. The molecule has 0 aromatic heterocycles. The zero-order chi connectivity index (χ0) is 25.7. The molecule has 3 aromatic carbocycles. The third kappa shape index (κ3) is 6.30. The highest BCUT2D eigenvalue weighted by molar-refractivity contribution is 9.10. The maximum absolute atomic E-state index is 12.9. The van der Waals surface area contributed by atoms with Gasteiger partial charge in [0.2, 0.25) is 0 Å². The van der Waals surface area contributed by atoms with Gasteiger partial charge in [-0.2, -0.15) is 0 Å². The van der Waals surface area contributed by atoms with Gasteiger partial charge in [-0.25, -0.2) is 0 Å². The summed E-state index contributed by atoms with van der Waals surface area (Å²) in [6.45, 7) is 4.73. The van der Waals surface area contributed by atoms with Crippen LogP contribution in [0.25, 0.3) is 6.08 Å². The second-order valence-electron chi connectivity index (χ2n) is 8.28. The van der Waals surface area contributed by atoms with Crippen molar-refractivity contribution in [3.8, 4) is 17.2 Å². The molecule has 1 heterocycles. The molecule has 186 valence electrons. The monoisotopic (exact) mass is 567 g/mol. The smallest absolute Gasteiger partial charge is 0.293 e. The summed E-state index contributed by atoms with van der Waals surface area (Å²) in [6.07, 6.45) is 1.70. The number of hydrogen-bond acceptors (Lipinski definition) is 6. The molecule has 0 atom stereocenters. The Labute approximate surface area is 223 Å². The fraction of sp³-hybridized carbons (Fsp3) is 0.214. The van der Waals surface area contributed by atoms with Crippen molar-refractivity contribution in [2.75, 3.05) is 20.3 Å². The van der Waals surface area contributed by atoms with Gasteiger partial charge in [-0.3, -0.25) is 14.5 Å². The van der Waals surface area contributed by atoms with Gasteiger partial charge >= 0.3 is 0 Å². The predicted molar refractivity (Wildman–Crippen MR) is 146 cm³/mol. The molecule has 1 fully saturated rings. The lowest BCUT2D eigenvalue weighted by atomic mass is 10.1. The first-order valence-corrected chi connectivity index (χ1v) is 13.0. The van der Waals surface area contributed by atoms with E-state index in [4.69, 9.17) is 14.2 Å². The molecule has 4 rings (SSSR count). The maximum atomic E-state index is 12.9. The highest BCUT2D eigenvalue weighted by Crippen LogP contribution is 2.35. The molecule has 6 nitrogen and oxygen atoms in total. The van der Waals surface area contributed by atoms with Gasteiger partial charge < -0.3 is 14.2 Å². The fourth-order valence-corrected chi connectivity index (χ4v) is 4.72. The van der Waals surface area contributed by atoms with E-state index in [1.165, 1.54) is 4.90 Å². The van der Waals surface area contributed by atoms with Gasteiger partial charge in [0, 0.05) is 4.47 Å². The Kier molecular flexibility index (Phi) is 8.38. The van der Waals surface area contributed by atoms with E-state index in [-0.39, 0.29) is 24.3 Å². The van der Waals surface area contributed by atoms with Crippen LogP contribution in [0, 0.1) is 13.8 Å². The van der Waals surface area contributed by atoms with Gasteiger partial charge in [-0.15, -0.1) is 0 Å². The van der Waals surface area contributed by atoms with E-state index in [1.807, 2.05) is 62.4 Å². The number of hydrogen-bond donors (Lipinski definition) is 0. The lowest BCUT2D eigenvalue weighted by Gasteiger charge is -2.14. The highest BCUT2D eigenvalue weighted by atomic mass is 79.9. The van der Waals surface area contributed by atoms with Crippen LogP contribution in [0.5, 0.6) is 17.2 Å². The third-order valence-electron chi connectivity index (χ3n) is 5.58. The summed E-state index contributed by atoms with van der Waals surface area (Å²) >= 11 is 4.35. The number of halogens is 1. The van der Waals surface area contributed by atoms with E-state index in [0.717, 1.165) is 44.2 Å². The number of rotatable bonds is 9. The van der Waals surface area contributed by atoms with Gasteiger partial charge in [0.1, 0.15) is 19.0 Å². The van der Waals surface area contributed by atoms with Crippen LogP contribution in [0.1, 0.15) is 22.3 Å². The molecular weight excluding hydrogens is 542 g/mol. The molecular formula is C28H26BrNO5S. The van der Waals surface area contributed by atoms with Crippen LogP contribution in [0.15, 0.2) is 70.0 Å². The first kappa shape index (κ1) is 25.9. The molecule has 1 aliphatic rings. The van der Waals surface area contributed by atoms with Crippen molar-refractivity contribution in [1.82, 2.24) is 4.90 Å². The summed E-state index contributed by atoms with van der Waals surface area (Å²) in [5, 5.41) is -0.309. The first-order valence-electron chi connectivity index (χ1n) is 11.3. The van der Waals surface area contributed by atoms with Gasteiger partial charge in [0.25, 0.3) is 11.1 Å². The van der Waals surface area contributed by atoms with E-state index in [2.05, 4.69) is 15.9 Å². The molecule has 0 bridgehead atoms. The Balaban J connectivity index is 1.42. The van der Waals surface area contributed by atoms with E-state index in [9.17, 15) is 9.59 Å². The number of aryl methyl sites for hydroxylation is 2. The summed E-state index contributed by atoms with van der Waals surface area (Å²) in [5.41, 5.74) is 3.84. The Morgan fingerprint density at radius 3 is 2.44 bits per heavy atom. The Hall–Kier alpha value is -3.23. The maximum Gasteiger partial charge on any atom is 0.293 e.